The Balaban J connectivity index is 1.08. The minimum absolute atomic E-state index is 0.0113. The first-order chi connectivity index (χ1) is 26.1. The number of carbonyl (C=O) groups is 2. The van der Waals surface area contributed by atoms with Gasteiger partial charge < -0.3 is 24.7 Å². The fraction of sp³-hybridized carbons (Fsp3) is 0.585. The van der Waals surface area contributed by atoms with Crippen LogP contribution in [0.3, 0.4) is 0 Å². The predicted octanol–water partition coefficient (Wildman–Crippen LogP) is 9.63. The third-order valence-electron chi connectivity index (χ3n) is 11.6. The molecule has 2 unspecified atom stereocenters. The maximum atomic E-state index is 14.9. The van der Waals surface area contributed by atoms with Gasteiger partial charge in [-0.3, -0.25) is 9.69 Å². The van der Waals surface area contributed by atoms with Crippen molar-refractivity contribution in [2.45, 2.75) is 115 Å². The van der Waals surface area contributed by atoms with Crippen LogP contribution in [0.25, 0.3) is 11.3 Å². The molecule has 4 aliphatic rings. The number of aromatic nitrogens is 3. The van der Waals surface area contributed by atoms with Crippen LogP contribution < -0.4 is 10.6 Å². The number of benzene rings is 1. The Hall–Kier alpha value is -3.30. The summed E-state index contributed by atoms with van der Waals surface area (Å²) < 4.78 is 27.0. The molecule has 4 fully saturated rings. The molecule has 2 N–H and O–H groups in total. The summed E-state index contributed by atoms with van der Waals surface area (Å²) in [6, 6.07) is 9.78. The fourth-order valence-corrected chi connectivity index (χ4v) is 10.2. The molecule has 3 aromatic rings. The van der Waals surface area contributed by atoms with Crippen molar-refractivity contribution in [3.05, 3.63) is 53.4 Å². The zero-order valence-corrected chi connectivity index (χ0v) is 37.0. The molecule has 15 heteroatoms. The van der Waals surface area contributed by atoms with Gasteiger partial charge in [-0.2, -0.15) is 0 Å². The molecule has 1 aliphatic heterocycles. The van der Waals surface area contributed by atoms with Gasteiger partial charge in [0.2, 0.25) is 5.91 Å². The molecule has 1 saturated heterocycles. The molecular weight excluding hydrogens is 769 g/mol. The van der Waals surface area contributed by atoms with Crippen molar-refractivity contribution < 1.29 is 23.1 Å². The molecule has 56 heavy (non-hydrogen) atoms. The largest absolute Gasteiger partial charge is 0.444 e. The van der Waals surface area contributed by atoms with Gasteiger partial charge in [0.15, 0.2) is 8.32 Å². The van der Waals surface area contributed by atoms with Crippen molar-refractivity contribution >= 4 is 60.9 Å². The van der Waals surface area contributed by atoms with Crippen molar-refractivity contribution in [1.29, 1.82) is 0 Å². The molecule has 11 nitrogen and oxygen atoms in total. The summed E-state index contributed by atoms with van der Waals surface area (Å²) in [5.41, 5.74) is 1.10. The molecule has 3 saturated carbocycles. The van der Waals surface area contributed by atoms with Crippen LogP contribution in [0.5, 0.6) is 0 Å². The molecule has 0 radical (unpaired) electrons. The number of amides is 2. The van der Waals surface area contributed by atoms with E-state index in [0.717, 1.165) is 38.9 Å². The maximum Gasteiger partial charge on any atom is 0.410 e. The number of pyridine rings is 1. The molecule has 2 atom stereocenters. The zero-order valence-electron chi connectivity index (χ0n) is 34.4. The second kappa shape index (κ2) is 15.8. The SMILES string of the molecule is CC1CN(CC23CC(C(=O)Nc4cc(Nc5cc(-c6cc(Cl)ccc6F)nnc5SCCO[Si](C)(C)C(C)(C)C)ccn4)(C2)C3)CC(C)N1C(=O)OC(C)(C)C. The van der Waals surface area contributed by atoms with E-state index < -0.39 is 19.7 Å². The number of nitrogens with zero attached hydrogens (tertiary/aromatic N) is 5. The predicted molar refractivity (Wildman–Crippen MR) is 225 cm³/mol. The van der Waals surface area contributed by atoms with Crippen LogP contribution in [0.15, 0.2) is 47.6 Å². The van der Waals surface area contributed by atoms with Gasteiger partial charge in [-0.25, -0.2) is 14.2 Å². The molecule has 0 spiro atoms. The van der Waals surface area contributed by atoms with Crippen molar-refractivity contribution in [2.75, 3.05) is 42.6 Å². The van der Waals surface area contributed by atoms with Crippen molar-refractivity contribution in [3.63, 3.8) is 0 Å². The molecule has 2 bridgehead atoms. The van der Waals surface area contributed by atoms with Gasteiger partial charge in [0.05, 0.1) is 16.8 Å². The molecule has 3 heterocycles. The lowest BCUT2D eigenvalue weighted by molar-refractivity contribution is -0.211. The molecular formula is C41H57ClFN7O4SSi. The molecule has 304 valence electrons. The number of halogens is 2. The second-order valence-electron chi connectivity index (χ2n) is 18.6. The molecule has 2 aromatic heterocycles. The van der Waals surface area contributed by atoms with Gasteiger partial charge in [-0.1, -0.05) is 32.4 Å². The quantitative estimate of drug-likeness (QED) is 0.104. The fourth-order valence-electron chi connectivity index (χ4n) is 8.15. The first-order valence-corrected chi connectivity index (χ1v) is 23.7. The molecule has 7 rings (SSSR count). The number of piperazine rings is 1. The Labute approximate surface area is 341 Å². The summed E-state index contributed by atoms with van der Waals surface area (Å²) in [7, 11) is -1.92. The Morgan fingerprint density at radius 2 is 1.70 bits per heavy atom. The smallest absolute Gasteiger partial charge is 0.410 e. The Kier molecular flexibility index (Phi) is 11.9. The number of carbonyl (C=O) groups excluding carboxylic acids is 2. The lowest BCUT2D eigenvalue weighted by atomic mass is 9.34. The van der Waals surface area contributed by atoms with Crippen LogP contribution in [-0.2, 0) is 14.0 Å². The maximum absolute atomic E-state index is 14.9. The number of nitrogens with one attached hydrogen (secondary N) is 2. The monoisotopic (exact) mass is 825 g/mol. The summed E-state index contributed by atoms with van der Waals surface area (Å²) in [4.78, 5) is 35.3. The number of hydrogen-bond acceptors (Lipinski definition) is 10. The second-order valence-corrected chi connectivity index (χ2v) is 25.0. The Morgan fingerprint density at radius 3 is 2.34 bits per heavy atom. The normalized spacial score (nSPS) is 23.9. The minimum Gasteiger partial charge on any atom is -0.444 e. The van der Waals surface area contributed by atoms with Crippen molar-refractivity contribution in [1.82, 2.24) is 25.0 Å². The van der Waals surface area contributed by atoms with E-state index >= 15 is 0 Å². The van der Waals surface area contributed by atoms with E-state index in [9.17, 15) is 14.0 Å². The van der Waals surface area contributed by atoms with E-state index in [1.165, 1.54) is 30.0 Å². The number of hydrogen-bond donors (Lipinski definition) is 2. The van der Waals surface area contributed by atoms with E-state index in [2.05, 4.69) is 78.4 Å². The third-order valence-corrected chi connectivity index (χ3v) is 17.3. The van der Waals surface area contributed by atoms with E-state index in [1.54, 1.807) is 18.3 Å². The highest BCUT2D eigenvalue weighted by Crippen LogP contribution is 2.73. The summed E-state index contributed by atoms with van der Waals surface area (Å²) in [6.07, 6.45) is 3.90. The first-order valence-electron chi connectivity index (χ1n) is 19.5. The van der Waals surface area contributed by atoms with E-state index in [1.807, 2.05) is 31.7 Å². The lowest BCUT2D eigenvalue weighted by Crippen LogP contribution is -2.71. The molecule has 1 aromatic carbocycles. The Morgan fingerprint density at radius 1 is 1.02 bits per heavy atom. The van der Waals surface area contributed by atoms with Crippen molar-refractivity contribution in [2.24, 2.45) is 10.8 Å². The summed E-state index contributed by atoms with van der Waals surface area (Å²) in [5, 5.41) is 16.5. The highest BCUT2D eigenvalue weighted by molar-refractivity contribution is 7.99. The van der Waals surface area contributed by atoms with E-state index in [0.29, 0.717) is 45.3 Å². The highest BCUT2D eigenvalue weighted by Gasteiger charge is 2.71. The van der Waals surface area contributed by atoms with Gasteiger partial charge >= 0.3 is 6.09 Å². The van der Waals surface area contributed by atoms with Crippen LogP contribution in [0.4, 0.5) is 26.4 Å². The Bertz CT molecular complexity index is 1930. The van der Waals surface area contributed by atoms with Gasteiger partial charge in [0.1, 0.15) is 22.3 Å². The van der Waals surface area contributed by atoms with Gasteiger partial charge in [0, 0.05) is 72.6 Å². The van der Waals surface area contributed by atoms with Gasteiger partial charge in [-0.15, -0.1) is 22.0 Å². The number of thioether (sulfide) groups is 1. The number of rotatable bonds is 12. The van der Waals surface area contributed by atoms with Crippen LogP contribution in [-0.4, -0.2) is 95.0 Å². The minimum atomic E-state index is -1.92. The first kappa shape index (κ1) is 42.3. The summed E-state index contributed by atoms with van der Waals surface area (Å²) in [6.45, 7) is 24.0. The number of ether oxygens (including phenoxy) is 1. The summed E-state index contributed by atoms with van der Waals surface area (Å²) >= 11 is 7.72. The standard InChI is InChI=1S/C41H57ClFN7O4SSi/c1-26-20-49(21-27(2)50(26)37(52)54-38(3,4)5)25-40-22-41(23-40,24-40)36(51)46-34-18-29(13-14-44-34)45-33-19-32(30-17-28(42)11-12-31(30)43)47-48-35(33)55-16-15-53-56(9,10)39(6,7)8/h11-14,17-19,26-27H,15-16,20-25H2,1-10H3,(H2,44,45,46,47,51). The van der Waals surface area contributed by atoms with Crippen LogP contribution in [0.2, 0.25) is 23.2 Å². The van der Waals surface area contributed by atoms with E-state index in [-0.39, 0.29) is 45.5 Å². The molecule has 3 aliphatic carbocycles. The summed E-state index contributed by atoms with van der Waals surface area (Å²) in [5.74, 6) is 0.636. The highest BCUT2D eigenvalue weighted by atomic mass is 35.5. The van der Waals surface area contributed by atoms with E-state index in [4.69, 9.17) is 20.8 Å². The molecule has 2 amide bonds. The van der Waals surface area contributed by atoms with Gasteiger partial charge in [0.25, 0.3) is 0 Å². The van der Waals surface area contributed by atoms with Crippen LogP contribution >= 0.6 is 23.4 Å². The topological polar surface area (TPSA) is 122 Å². The average molecular weight is 827 g/mol. The van der Waals surface area contributed by atoms with Crippen LogP contribution in [0.1, 0.15) is 74.7 Å². The van der Waals surface area contributed by atoms with Crippen LogP contribution in [0, 0.1) is 16.6 Å². The van der Waals surface area contributed by atoms with Crippen molar-refractivity contribution in [3.8, 4) is 11.3 Å². The number of anilines is 3. The average Bonchev–Trinajstić information content (AvgIpc) is 3.04. The zero-order chi connectivity index (χ0) is 40.8. The third kappa shape index (κ3) is 9.35. The lowest BCUT2D eigenvalue weighted by Gasteiger charge is -2.70. The van der Waals surface area contributed by atoms with Gasteiger partial charge in [-0.05, 0) is 108 Å².